The molecule has 6 heteroatoms. The summed E-state index contributed by atoms with van der Waals surface area (Å²) in [5, 5.41) is 17.2. The van der Waals surface area contributed by atoms with Gasteiger partial charge in [-0.05, 0) is 49.8 Å². The molecule has 0 spiro atoms. The SMILES string of the molecule is CCOC(=O)C1=C(C)NC(/C=C(\O)c2ccc(OC)cc2)NC1c1ccccc1. The normalized spacial score (nSPS) is 19.5. The van der Waals surface area contributed by atoms with Gasteiger partial charge in [0.25, 0.3) is 0 Å². The van der Waals surface area contributed by atoms with Gasteiger partial charge in [0.05, 0.1) is 25.3 Å². The monoisotopic (exact) mass is 394 g/mol. The van der Waals surface area contributed by atoms with E-state index in [1.54, 1.807) is 44.4 Å². The smallest absolute Gasteiger partial charge is 0.337 e. The second-order valence-corrected chi connectivity index (χ2v) is 6.67. The van der Waals surface area contributed by atoms with E-state index >= 15 is 0 Å². The van der Waals surface area contributed by atoms with Crippen LogP contribution in [-0.2, 0) is 9.53 Å². The second-order valence-electron chi connectivity index (χ2n) is 6.67. The summed E-state index contributed by atoms with van der Waals surface area (Å²) < 4.78 is 10.4. The number of methoxy groups -OCH3 is 1. The molecule has 152 valence electrons. The lowest BCUT2D eigenvalue weighted by Gasteiger charge is -2.34. The number of nitrogens with one attached hydrogen (secondary N) is 2. The first kappa shape index (κ1) is 20.5. The molecule has 1 aliphatic rings. The van der Waals surface area contributed by atoms with Crippen LogP contribution in [0.1, 0.15) is 31.0 Å². The van der Waals surface area contributed by atoms with Crippen molar-refractivity contribution in [2.75, 3.05) is 13.7 Å². The fraction of sp³-hybridized carbons (Fsp3) is 0.261. The lowest BCUT2D eigenvalue weighted by Crippen LogP contribution is -2.49. The molecule has 0 radical (unpaired) electrons. The van der Waals surface area contributed by atoms with Crippen LogP contribution in [0.25, 0.3) is 5.76 Å². The van der Waals surface area contributed by atoms with Crippen LogP contribution in [0.5, 0.6) is 5.75 Å². The highest BCUT2D eigenvalue weighted by atomic mass is 16.5. The molecule has 0 saturated heterocycles. The van der Waals surface area contributed by atoms with Crippen LogP contribution < -0.4 is 15.4 Å². The van der Waals surface area contributed by atoms with Crippen molar-refractivity contribution in [3.8, 4) is 5.75 Å². The van der Waals surface area contributed by atoms with Gasteiger partial charge in [-0.1, -0.05) is 30.3 Å². The van der Waals surface area contributed by atoms with Crippen molar-refractivity contribution in [3.63, 3.8) is 0 Å². The molecular formula is C23H26N2O4. The van der Waals surface area contributed by atoms with Gasteiger partial charge >= 0.3 is 5.97 Å². The number of rotatable bonds is 6. The topological polar surface area (TPSA) is 79.8 Å². The number of carbonyl (C=O) groups excluding carboxylic acids is 1. The van der Waals surface area contributed by atoms with Crippen LogP contribution in [0.4, 0.5) is 0 Å². The Hall–Kier alpha value is -3.25. The number of carbonyl (C=O) groups is 1. The fourth-order valence-electron chi connectivity index (χ4n) is 3.33. The third-order valence-electron chi connectivity index (χ3n) is 4.75. The van der Waals surface area contributed by atoms with Crippen LogP contribution in [0.15, 0.2) is 71.9 Å². The highest BCUT2D eigenvalue weighted by Gasteiger charge is 2.32. The molecule has 0 aromatic heterocycles. The molecule has 2 atom stereocenters. The number of aliphatic hydroxyl groups is 1. The van der Waals surface area contributed by atoms with Gasteiger partial charge in [-0.2, -0.15) is 0 Å². The molecule has 6 nitrogen and oxygen atoms in total. The van der Waals surface area contributed by atoms with Crippen molar-refractivity contribution in [3.05, 3.63) is 83.1 Å². The Morgan fingerprint density at radius 2 is 1.83 bits per heavy atom. The standard InChI is InChI=1S/C23H26N2O4/c1-4-29-23(27)21-15(2)24-20(25-22(21)17-8-6-5-7-9-17)14-19(26)16-10-12-18(28-3)13-11-16/h5-14,20,22,24-26H,4H2,1-3H3/b19-14-. The second kappa shape index (κ2) is 9.30. The molecule has 2 aromatic rings. The number of aliphatic hydroxyl groups excluding tert-OH is 1. The van der Waals surface area contributed by atoms with E-state index < -0.39 is 0 Å². The van der Waals surface area contributed by atoms with Crippen LogP contribution in [-0.4, -0.2) is 31.0 Å². The zero-order valence-electron chi connectivity index (χ0n) is 16.8. The Labute approximate surface area is 170 Å². The van der Waals surface area contributed by atoms with E-state index in [0.717, 1.165) is 11.3 Å². The summed E-state index contributed by atoms with van der Waals surface area (Å²) in [6, 6.07) is 16.5. The van der Waals surface area contributed by atoms with Crippen molar-refractivity contribution >= 4 is 11.7 Å². The highest BCUT2D eigenvalue weighted by Crippen LogP contribution is 2.29. The molecule has 0 saturated carbocycles. The van der Waals surface area contributed by atoms with E-state index in [4.69, 9.17) is 9.47 Å². The predicted molar refractivity (Wildman–Crippen MR) is 112 cm³/mol. The van der Waals surface area contributed by atoms with Gasteiger partial charge in [0.15, 0.2) is 0 Å². The van der Waals surface area contributed by atoms with Gasteiger partial charge in [-0.25, -0.2) is 4.79 Å². The molecule has 29 heavy (non-hydrogen) atoms. The Morgan fingerprint density at radius 3 is 2.45 bits per heavy atom. The van der Waals surface area contributed by atoms with Gasteiger partial charge in [0, 0.05) is 11.3 Å². The molecule has 1 heterocycles. The molecule has 0 fully saturated rings. The Bertz CT molecular complexity index is 904. The number of allylic oxidation sites excluding steroid dienone is 1. The molecule has 0 amide bonds. The first-order valence-corrected chi connectivity index (χ1v) is 9.54. The Kier molecular flexibility index (Phi) is 6.57. The first-order chi connectivity index (χ1) is 14.0. The number of hydrogen-bond donors (Lipinski definition) is 3. The quantitative estimate of drug-likeness (QED) is 0.512. The summed E-state index contributed by atoms with van der Waals surface area (Å²) in [5.74, 6) is 0.481. The van der Waals surface area contributed by atoms with E-state index in [9.17, 15) is 9.90 Å². The van der Waals surface area contributed by atoms with Gasteiger partial charge < -0.3 is 19.9 Å². The van der Waals surface area contributed by atoms with Gasteiger partial charge in [-0.3, -0.25) is 5.32 Å². The largest absolute Gasteiger partial charge is 0.508 e. The third-order valence-corrected chi connectivity index (χ3v) is 4.75. The van der Waals surface area contributed by atoms with Crippen molar-refractivity contribution in [1.82, 2.24) is 10.6 Å². The van der Waals surface area contributed by atoms with Crippen LogP contribution in [0.3, 0.4) is 0 Å². The summed E-state index contributed by atoms with van der Waals surface area (Å²) in [4.78, 5) is 12.6. The van der Waals surface area contributed by atoms with Crippen LogP contribution >= 0.6 is 0 Å². The first-order valence-electron chi connectivity index (χ1n) is 9.54. The van der Waals surface area contributed by atoms with Crippen LogP contribution in [0.2, 0.25) is 0 Å². The van der Waals surface area contributed by atoms with E-state index in [1.807, 2.05) is 37.3 Å². The predicted octanol–water partition coefficient (Wildman–Crippen LogP) is 3.69. The summed E-state index contributed by atoms with van der Waals surface area (Å²) >= 11 is 0. The minimum atomic E-state index is -0.375. The van der Waals surface area contributed by atoms with E-state index in [1.165, 1.54) is 0 Å². The maximum atomic E-state index is 12.6. The molecule has 1 aliphatic heterocycles. The summed E-state index contributed by atoms with van der Waals surface area (Å²) in [6.45, 7) is 3.93. The lowest BCUT2D eigenvalue weighted by molar-refractivity contribution is -0.139. The molecule has 3 rings (SSSR count). The maximum Gasteiger partial charge on any atom is 0.337 e. The maximum absolute atomic E-state index is 12.6. The molecule has 2 unspecified atom stereocenters. The Morgan fingerprint density at radius 1 is 1.14 bits per heavy atom. The van der Waals surface area contributed by atoms with Gasteiger partial charge in [0.2, 0.25) is 0 Å². The molecule has 0 bridgehead atoms. The van der Waals surface area contributed by atoms with Crippen LogP contribution in [0, 0.1) is 0 Å². The van der Waals surface area contributed by atoms with Crippen molar-refractivity contribution < 1.29 is 19.4 Å². The van der Waals surface area contributed by atoms with E-state index in [2.05, 4.69) is 10.6 Å². The highest BCUT2D eigenvalue weighted by molar-refractivity contribution is 5.91. The molecule has 2 aromatic carbocycles. The average Bonchev–Trinajstić information content (AvgIpc) is 2.74. The zero-order valence-corrected chi connectivity index (χ0v) is 16.8. The van der Waals surface area contributed by atoms with E-state index in [-0.39, 0.29) is 23.9 Å². The number of esters is 1. The molecule has 0 aliphatic carbocycles. The average molecular weight is 394 g/mol. The Balaban J connectivity index is 1.91. The number of ether oxygens (including phenoxy) is 2. The summed E-state index contributed by atoms with van der Waals surface area (Å²) in [7, 11) is 1.60. The minimum absolute atomic E-state index is 0.122. The number of benzene rings is 2. The minimum Gasteiger partial charge on any atom is -0.508 e. The molecular weight excluding hydrogens is 368 g/mol. The molecule has 3 N–H and O–H groups in total. The van der Waals surface area contributed by atoms with Gasteiger partial charge in [0.1, 0.15) is 17.7 Å². The van der Waals surface area contributed by atoms with Crippen molar-refractivity contribution in [2.45, 2.75) is 26.1 Å². The third kappa shape index (κ3) is 4.78. The van der Waals surface area contributed by atoms with E-state index in [0.29, 0.717) is 23.4 Å². The van der Waals surface area contributed by atoms with Crippen molar-refractivity contribution in [1.29, 1.82) is 0 Å². The number of hydrogen-bond acceptors (Lipinski definition) is 6. The van der Waals surface area contributed by atoms with Gasteiger partial charge in [-0.15, -0.1) is 0 Å². The summed E-state index contributed by atoms with van der Waals surface area (Å²) in [5.41, 5.74) is 2.86. The fourth-order valence-corrected chi connectivity index (χ4v) is 3.33. The van der Waals surface area contributed by atoms with Crippen molar-refractivity contribution in [2.24, 2.45) is 0 Å². The zero-order chi connectivity index (χ0) is 20.8. The lowest BCUT2D eigenvalue weighted by atomic mass is 9.94. The summed E-state index contributed by atoms with van der Waals surface area (Å²) in [6.07, 6.45) is 1.31.